The molecule has 0 fully saturated rings. The number of rotatable bonds is 6. The van der Waals surface area contributed by atoms with Crippen LogP contribution in [0, 0.1) is 0 Å². The van der Waals surface area contributed by atoms with E-state index in [-0.39, 0.29) is 6.61 Å². The van der Waals surface area contributed by atoms with Crippen LogP contribution in [0.3, 0.4) is 0 Å². The van der Waals surface area contributed by atoms with E-state index >= 15 is 0 Å². The summed E-state index contributed by atoms with van der Waals surface area (Å²) in [6, 6.07) is 1.89. The summed E-state index contributed by atoms with van der Waals surface area (Å²) in [7, 11) is 1.83. The zero-order valence-electron chi connectivity index (χ0n) is 9.90. The zero-order chi connectivity index (χ0) is 12.0. The molecule has 0 saturated carbocycles. The van der Waals surface area contributed by atoms with Gasteiger partial charge in [0.1, 0.15) is 11.6 Å². The average Bonchev–Trinajstić information content (AvgIpc) is 2.35. The average molecular weight is 242 g/mol. The smallest absolute Gasteiger partial charge is 0.191 e. The highest BCUT2D eigenvalue weighted by Crippen LogP contribution is 2.19. The van der Waals surface area contributed by atoms with Gasteiger partial charge in [-0.15, -0.1) is 0 Å². The van der Waals surface area contributed by atoms with E-state index in [4.69, 9.17) is 5.11 Å². The van der Waals surface area contributed by atoms with Crippen LogP contribution in [0.25, 0.3) is 0 Å². The summed E-state index contributed by atoms with van der Waals surface area (Å²) in [6.07, 6.45) is 1.95. The molecule has 5 nitrogen and oxygen atoms in total. The number of anilines is 2. The molecule has 0 unspecified atom stereocenters. The van der Waals surface area contributed by atoms with Crippen molar-refractivity contribution in [2.75, 3.05) is 43.2 Å². The number of hydrogen-bond donors (Lipinski definition) is 2. The monoisotopic (exact) mass is 242 g/mol. The summed E-state index contributed by atoms with van der Waals surface area (Å²) in [5.41, 5.74) is 0. The van der Waals surface area contributed by atoms with E-state index in [1.54, 1.807) is 0 Å². The van der Waals surface area contributed by atoms with E-state index in [0.29, 0.717) is 6.54 Å². The first-order valence-corrected chi connectivity index (χ1v) is 6.44. The van der Waals surface area contributed by atoms with Crippen molar-refractivity contribution in [3.8, 4) is 0 Å². The fourth-order valence-corrected chi connectivity index (χ4v) is 1.72. The first-order chi connectivity index (χ1) is 7.74. The highest BCUT2D eigenvalue weighted by Gasteiger charge is 2.08. The molecule has 0 aliphatic carbocycles. The highest BCUT2D eigenvalue weighted by molar-refractivity contribution is 7.98. The summed E-state index contributed by atoms with van der Waals surface area (Å²) < 4.78 is 0. The topological polar surface area (TPSA) is 61.3 Å². The van der Waals surface area contributed by atoms with Gasteiger partial charge in [0.05, 0.1) is 6.61 Å². The summed E-state index contributed by atoms with van der Waals surface area (Å²) >= 11 is 1.51. The van der Waals surface area contributed by atoms with E-state index in [9.17, 15) is 0 Å². The van der Waals surface area contributed by atoms with Crippen molar-refractivity contribution in [3.05, 3.63) is 6.07 Å². The largest absolute Gasteiger partial charge is 0.395 e. The van der Waals surface area contributed by atoms with Crippen LogP contribution in [0.15, 0.2) is 11.2 Å². The van der Waals surface area contributed by atoms with Crippen molar-refractivity contribution in [2.24, 2.45) is 0 Å². The Kier molecular flexibility index (Phi) is 5.34. The second-order valence-corrected chi connectivity index (χ2v) is 3.92. The van der Waals surface area contributed by atoms with Crippen molar-refractivity contribution in [3.63, 3.8) is 0 Å². The minimum Gasteiger partial charge on any atom is -0.395 e. The number of aliphatic hydroxyl groups excluding tert-OH is 1. The van der Waals surface area contributed by atoms with Gasteiger partial charge in [-0.3, -0.25) is 0 Å². The van der Waals surface area contributed by atoms with E-state index in [2.05, 4.69) is 15.3 Å². The molecule has 1 aromatic heterocycles. The number of aliphatic hydroxyl groups is 1. The lowest BCUT2D eigenvalue weighted by Crippen LogP contribution is -2.27. The van der Waals surface area contributed by atoms with Gasteiger partial charge in [-0.05, 0) is 13.2 Å². The van der Waals surface area contributed by atoms with Gasteiger partial charge in [0.25, 0.3) is 0 Å². The molecule has 0 aromatic carbocycles. The van der Waals surface area contributed by atoms with Gasteiger partial charge in [0.2, 0.25) is 0 Å². The molecule has 6 heteroatoms. The number of aromatic nitrogens is 2. The standard InChI is InChI=1S/C10H18N4OS/c1-4-14(5-6-15)9-7-8(11-2)12-10(13-9)16-3/h7,15H,4-6H2,1-3H3,(H,11,12,13). The molecule has 0 aliphatic heterocycles. The fraction of sp³-hybridized carbons (Fsp3) is 0.600. The van der Waals surface area contributed by atoms with Crippen LogP contribution in [0.1, 0.15) is 6.92 Å². The fourth-order valence-electron chi connectivity index (χ4n) is 1.35. The predicted molar refractivity (Wildman–Crippen MR) is 68.3 cm³/mol. The Morgan fingerprint density at radius 1 is 1.50 bits per heavy atom. The molecular formula is C10H18N4OS. The normalized spacial score (nSPS) is 10.2. The molecule has 0 bridgehead atoms. The van der Waals surface area contributed by atoms with Crippen LogP contribution in [0.5, 0.6) is 0 Å². The molecule has 1 rings (SSSR count). The van der Waals surface area contributed by atoms with Crippen molar-refractivity contribution in [2.45, 2.75) is 12.1 Å². The van der Waals surface area contributed by atoms with Crippen molar-refractivity contribution in [1.29, 1.82) is 0 Å². The Bertz CT molecular complexity index is 312. The summed E-state index contributed by atoms with van der Waals surface area (Å²) in [5, 5.41) is 12.7. The molecule has 0 atom stereocenters. The summed E-state index contributed by atoms with van der Waals surface area (Å²) in [5.74, 6) is 1.64. The Morgan fingerprint density at radius 3 is 2.75 bits per heavy atom. The molecule has 0 saturated heterocycles. The molecule has 1 aromatic rings. The highest BCUT2D eigenvalue weighted by atomic mass is 32.2. The van der Waals surface area contributed by atoms with Gasteiger partial charge < -0.3 is 15.3 Å². The lowest BCUT2D eigenvalue weighted by atomic mass is 10.4. The zero-order valence-corrected chi connectivity index (χ0v) is 10.7. The first kappa shape index (κ1) is 13.1. The SMILES string of the molecule is CCN(CCO)c1cc(NC)nc(SC)n1. The Labute approximate surface area is 100 Å². The van der Waals surface area contributed by atoms with Gasteiger partial charge in [-0.25, -0.2) is 9.97 Å². The quantitative estimate of drug-likeness (QED) is 0.574. The third-order valence-electron chi connectivity index (χ3n) is 2.21. The van der Waals surface area contributed by atoms with Crippen LogP contribution >= 0.6 is 11.8 Å². The maximum Gasteiger partial charge on any atom is 0.191 e. The van der Waals surface area contributed by atoms with Crippen LogP contribution in [-0.4, -0.2) is 48.1 Å². The van der Waals surface area contributed by atoms with Crippen LogP contribution in [0.2, 0.25) is 0 Å². The molecule has 16 heavy (non-hydrogen) atoms. The first-order valence-electron chi connectivity index (χ1n) is 5.21. The number of hydrogen-bond acceptors (Lipinski definition) is 6. The lowest BCUT2D eigenvalue weighted by Gasteiger charge is -2.21. The van der Waals surface area contributed by atoms with Gasteiger partial charge >= 0.3 is 0 Å². The summed E-state index contributed by atoms with van der Waals surface area (Å²) in [4.78, 5) is 10.7. The van der Waals surface area contributed by atoms with Crippen LogP contribution < -0.4 is 10.2 Å². The predicted octanol–water partition coefficient (Wildman–Crippen LogP) is 1.06. The minimum atomic E-state index is 0.126. The van der Waals surface area contributed by atoms with Crippen molar-refractivity contribution < 1.29 is 5.11 Å². The Morgan fingerprint density at radius 2 is 2.25 bits per heavy atom. The van der Waals surface area contributed by atoms with E-state index in [1.165, 1.54) is 11.8 Å². The second kappa shape index (κ2) is 6.55. The third kappa shape index (κ3) is 3.24. The van der Waals surface area contributed by atoms with E-state index in [1.807, 2.05) is 31.2 Å². The molecular weight excluding hydrogens is 224 g/mol. The van der Waals surface area contributed by atoms with Gasteiger partial charge in [0, 0.05) is 26.2 Å². The molecule has 0 amide bonds. The minimum absolute atomic E-state index is 0.126. The van der Waals surface area contributed by atoms with Crippen molar-refractivity contribution >= 4 is 23.4 Å². The lowest BCUT2D eigenvalue weighted by molar-refractivity contribution is 0.302. The Balaban J connectivity index is 3.00. The maximum atomic E-state index is 8.98. The molecule has 2 N–H and O–H groups in total. The third-order valence-corrected chi connectivity index (χ3v) is 2.75. The summed E-state index contributed by atoms with van der Waals surface area (Å²) in [6.45, 7) is 3.57. The van der Waals surface area contributed by atoms with Gasteiger partial charge in [-0.1, -0.05) is 11.8 Å². The van der Waals surface area contributed by atoms with Gasteiger partial charge in [-0.2, -0.15) is 0 Å². The molecule has 1 heterocycles. The number of nitrogens with zero attached hydrogens (tertiary/aromatic N) is 3. The number of thioether (sulfide) groups is 1. The number of nitrogens with one attached hydrogen (secondary N) is 1. The molecule has 90 valence electrons. The van der Waals surface area contributed by atoms with E-state index in [0.717, 1.165) is 23.3 Å². The second-order valence-electron chi connectivity index (χ2n) is 3.15. The van der Waals surface area contributed by atoms with E-state index < -0.39 is 0 Å². The van der Waals surface area contributed by atoms with Crippen LogP contribution in [0.4, 0.5) is 11.6 Å². The molecule has 0 aliphatic rings. The van der Waals surface area contributed by atoms with Gasteiger partial charge in [0.15, 0.2) is 5.16 Å². The molecule has 0 radical (unpaired) electrons. The van der Waals surface area contributed by atoms with Crippen molar-refractivity contribution in [1.82, 2.24) is 9.97 Å². The number of likely N-dealkylation sites (N-methyl/N-ethyl adjacent to an activating group) is 1. The Hall–Kier alpha value is -1.01. The molecule has 0 spiro atoms. The maximum absolute atomic E-state index is 8.98. The van der Waals surface area contributed by atoms with Crippen LogP contribution in [-0.2, 0) is 0 Å².